The first-order chi connectivity index (χ1) is 14.5. The van der Waals surface area contributed by atoms with Gasteiger partial charge >= 0.3 is 0 Å². The Morgan fingerprint density at radius 1 is 1.07 bits per heavy atom. The maximum atomic E-state index is 12.3. The SMILES string of the molecule is NC(=O)[C@@H]1C[C@@H](O)[C@H](O)[C@H]2[C@@H]1N(CCN1CCOCC1)C(=S)N2CC1CCCCC1. The van der Waals surface area contributed by atoms with E-state index >= 15 is 0 Å². The standard InChI is InChI=1S/C21H36N4O4S/c22-20(28)15-12-16(26)19(27)18-17(15)24(7-6-23-8-10-29-11-9-23)21(30)25(18)13-14-4-2-1-3-5-14/h14-19,26-27H,1-13H2,(H2,22,28)/t15-,16-,17-,18-,19+/m1/s1. The Balaban J connectivity index is 1.55. The number of ether oxygens (including phenoxy) is 1. The summed E-state index contributed by atoms with van der Waals surface area (Å²) in [7, 11) is 0. The topological polar surface area (TPSA) is 102 Å². The lowest BCUT2D eigenvalue weighted by molar-refractivity contribution is -0.133. The first-order valence-electron chi connectivity index (χ1n) is 11.5. The fraction of sp³-hybridized carbons (Fsp3) is 0.905. The Bertz CT molecular complexity index is 626. The Morgan fingerprint density at radius 2 is 1.77 bits per heavy atom. The molecule has 4 fully saturated rings. The van der Waals surface area contributed by atoms with Crippen LogP contribution in [0.15, 0.2) is 0 Å². The van der Waals surface area contributed by atoms with Gasteiger partial charge in [0.25, 0.3) is 0 Å². The Labute approximate surface area is 184 Å². The molecule has 0 aromatic carbocycles. The summed E-state index contributed by atoms with van der Waals surface area (Å²) < 4.78 is 5.44. The predicted molar refractivity (Wildman–Crippen MR) is 117 cm³/mol. The summed E-state index contributed by atoms with van der Waals surface area (Å²) in [6.45, 7) is 5.55. The van der Waals surface area contributed by atoms with Crippen LogP contribution in [0.4, 0.5) is 0 Å². The number of morpholine rings is 1. The number of aliphatic hydroxyl groups is 2. The number of carbonyl (C=O) groups is 1. The van der Waals surface area contributed by atoms with Crippen molar-refractivity contribution in [3.8, 4) is 0 Å². The van der Waals surface area contributed by atoms with Crippen molar-refractivity contribution in [1.82, 2.24) is 14.7 Å². The number of rotatable bonds is 6. The van der Waals surface area contributed by atoms with Gasteiger partial charge in [0.15, 0.2) is 5.11 Å². The molecule has 0 spiro atoms. The van der Waals surface area contributed by atoms with Gasteiger partial charge in [-0.15, -0.1) is 0 Å². The summed E-state index contributed by atoms with van der Waals surface area (Å²) in [5.41, 5.74) is 5.76. The van der Waals surface area contributed by atoms with Crippen LogP contribution in [0.1, 0.15) is 38.5 Å². The molecule has 4 N–H and O–H groups in total. The second kappa shape index (κ2) is 9.65. The Kier molecular flexibility index (Phi) is 7.14. The summed E-state index contributed by atoms with van der Waals surface area (Å²) in [4.78, 5) is 18.9. The van der Waals surface area contributed by atoms with Crippen molar-refractivity contribution in [2.24, 2.45) is 17.6 Å². The van der Waals surface area contributed by atoms with E-state index in [-0.39, 0.29) is 18.5 Å². The first-order valence-corrected chi connectivity index (χ1v) is 11.9. The van der Waals surface area contributed by atoms with Crippen LogP contribution in [0, 0.1) is 11.8 Å². The average Bonchev–Trinajstić information content (AvgIpc) is 3.02. The molecule has 2 aliphatic carbocycles. The fourth-order valence-corrected chi connectivity index (χ4v) is 6.26. The summed E-state index contributed by atoms with van der Waals surface area (Å²) >= 11 is 5.91. The first kappa shape index (κ1) is 22.2. The van der Waals surface area contributed by atoms with E-state index in [1.54, 1.807) is 0 Å². The molecule has 2 heterocycles. The van der Waals surface area contributed by atoms with Gasteiger partial charge in [-0.2, -0.15) is 0 Å². The van der Waals surface area contributed by atoms with Crippen molar-refractivity contribution in [3.63, 3.8) is 0 Å². The van der Waals surface area contributed by atoms with Gasteiger partial charge in [0.05, 0.1) is 37.3 Å². The Hall–Kier alpha value is -1.00. The van der Waals surface area contributed by atoms with E-state index in [4.69, 9.17) is 22.7 Å². The van der Waals surface area contributed by atoms with Gasteiger partial charge < -0.3 is 30.5 Å². The molecule has 4 rings (SSSR count). The fourth-order valence-electron chi connectivity index (χ4n) is 5.85. The van der Waals surface area contributed by atoms with Gasteiger partial charge in [0.2, 0.25) is 5.91 Å². The van der Waals surface area contributed by atoms with Crippen LogP contribution in [0.2, 0.25) is 0 Å². The van der Waals surface area contributed by atoms with E-state index in [9.17, 15) is 15.0 Å². The number of nitrogens with zero attached hydrogens (tertiary/aromatic N) is 3. The van der Waals surface area contributed by atoms with Gasteiger partial charge in [-0.05, 0) is 37.4 Å². The second-order valence-electron chi connectivity index (χ2n) is 9.37. The van der Waals surface area contributed by atoms with E-state index in [0.717, 1.165) is 39.4 Å². The van der Waals surface area contributed by atoms with E-state index in [1.165, 1.54) is 32.1 Å². The molecule has 0 aromatic rings. The molecule has 2 saturated carbocycles. The lowest BCUT2D eigenvalue weighted by atomic mass is 9.76. The monoisotopic (exact) mass is 440 g/mol. The molecule has 9 heteroatoms. The van der Waals surface area contributed by atoms with Crippen LogP contribution >= 0.6 is 12.2 Å². The van der Waals surface area contributed by atoms with Gasteiger partial charge in [0.1, 0.15) is 6.10 Å². The molecule has 0 radical (unpaired) electrons. The third-order valence-corrected chi connectivity index (χ3v) is 7.99. The van der Waals surface area contributed by atoms with E-state index in [0.29, 0.717) is 17.6 Å². The molecule has 0 bridgehead atoms. The number of fused-ring (bicyclic) bond motifs is 1. The van der Waals surface area contributed by atoms with Crippen LogP contribution in [0.3, 0.4) is 0 Å². The Morgan fingerprint density at radius 3 is 2.43 bits per heavy atom. The van der Waals surface area contributed by atoms with Crippen molar-refractivity contribution in [3.05, 3.63) is 0 Å². The highest BCUT2D eigenvalue weighted by Gasteiger charge is 2.56. The molecule has 170 valence electrons. The zero-order valence-electron chi connectivity index (χ0n) is 17.7. The predicted octanol–water partition coefficient (Wildman–Crippen LogP) is -0.234. The minimum Gasteiger partial charge on any atom is -0.390 e. The molecule has 30 heavy (non-hydrogen) atoms. The molecular formula is C21H36N4O4S. The smallest absolute Gasteiger partial charge is 0.222 e. The maximum Gasteiger partial charge on any atom is 0.222 e. The third kappa shape index (κ3) is 4.46. The van der Waals surface area contributed by atoms with Gasteiger partial charge in [0, 0.05) is 32.7 Å². The van der Waals surface area contributed by atoms with Crippen LogP contribution in [0.25, 0.3) is 0 Å². The summed E-state index contributed by atoms with van der Waals surface area (Å²) in [6.07, 6.45) is 4.38. The number of primary amides is 1. The van der Waals surface area contributed by atoms with Crippen LogP contribution < -0.4 is 5.73 Å². The van der Waals surface area contributed by atoms with Crippen molar-refractivity contribution in [2.45, 2.75) is 62.8 Å². The summed E-state index contributed by atoms with van der Waals surface area (Å²) in [5, 5.41) is 22.1. The number of thiocarbonyl (C=S) groups is 1. The molecule has 0 aromatic heterocycles. The van der Waals surface area contributed by atoms with Gasteiger partial charge in [-0.3, -0.25) is 9.69 Å². The summed E-state index contributed by atoms with van der Waals surface area (Å²) in [6, 6.07) is -0.664. The molecule has 0 unspecified atom stereocenters. The number of hydrogen-bond donors (Lipinski definition) is 3. The van der Waals surface area contributed by atoms with Crippen LogP contribution in [0.5, 0.6) is 0 Å². The number of amides is 1. The highest BCUT2D eigenvalue weighted by Crippen LogP contribution is 2.39. The van der Waals surface area contributed by atoms with Crippen molar-refractivity contribution >= 4 is 23.2 Å². The van der Waals surface area contributed by atoms with Crippen molar-refractivity contribution < 1.29 is 19.7 Å². The maximum absolute atomic E-state index is 12.3. The number of hydrogen-bond acceptors (Lipinski definition) is 6. The quantitative estimate of drug-likeness (QED) is 0.487. The van der Waals surface area contributed by atoms with E-state index in [2.05, 4.69) is 14.7 Å². The van der Waals surface area contributed by atoms with E-state index in [1.807, 2.05) is 0 Å². The average molecular weight is 441 g/mol. The number of carbonyl (C=O) groups excluding carboxylic acids is 1. The molecule has 2 aliphatic heterocycles. The largest absolute Gasteiger partial charge is 0.390 e. The van der Waals surface area contributed by atoms with Gasteiger partial charge in [-0.25, -0.2) is 0 Å². The minimum absolute atomic E-state index is 0.186. The third-order valence-electron chi connectivity index (χ3n) is 7.52. The van der Waals surface area contributed by atoms with Crippen molar-refractivity contribution in [1.29, 1.82) is 0 Å². The van der Waals surface area contributed by atoms with Crippen LogP contribution in [-0.2, 0) is 9.53 Å². The van der Waals surface area contributed by atoms with Crippen LogP contribution in [-0.4, -0.2) is 106 Å². The second-order valence-corrected chi connectivity index (χ2v) is 9.74. The highest BCUT2D eigenvalue weighted by atomic mass is 32.1. The minimum atomic E-state index is -0.959. The zero-order valence-corrected chi connectivity index (χ0v) is 18.5. The highest BCUT2D eigenvalue weighted by molar-refractivity contribution is 7.80. The molecule has 5 atom stereocenters. The van der Waals surface area contributed by atoms with Crippen molar-refractivity contribution in [2.75, 3.05) is 45.9 Å². The number of aliphatic hydroxyl groups excluding tert-OH is 2. The summed E-state index contributed by atoms with van der Waals surface area (Å²) in [5.74, 6) is -0.406. The molecule has 8 nitrogen and oxygen atoms in total. The lowest BCUT2D eigenvalue weighted by Crippen LogP contribution is -2.61. The van der Waals surface area contributed by atoms with E-state index < -0.39 is 24.0 Å². The zero-order chi connectivity index (χ0) is 21.3. The lowest BCUT2D eigenvalue weighted by Gasteiger charge is -2.43. The molecule has 2 saturated heterocycles. The molecular weight excluding hydrogens is 404 g/mol. The number of nitrogens with two attached hydrogens (primary N) is 1. The normalized spacial score (nSPS) is 36.2. The molecule has 4 aliphatic rings. The molecule has 1 amide bonds. The van der Waals surface area contributed by atoms with Gasteiger partial charge in [-0.1, -0.05) is 19.3 Å².